The minimum atomic E-state index is -0.406. The van der Waals surface area contributed by atoms with E-state index in [1.165, 1.54) is 0 Å². The highest BCUT2D eigenvalue weighted by atomic mass is 16.6. The molecule has 3 unspecified atom stereocenters. The van der Waals surface area contributed by atoms with Gasteiger partial charge in [0.1, 0.15) is 12.2 Å². The van der Waals surface area contributed by atoms with E-state index in [1.807, 2.05) is 6.92 Å². The molecule has 2 heterocycles. The van der Waals surface area contributed by atoms with Crippen LogP contribution in [-0.2, 0) is 23.7 Å². The van der Waals surface area contributed by atoms with Crippen molar-refractivity contribution in [1.82, 2.24) is 0 Å². The lowest BCUT2D eigenvalue weighted by Gasteiger charge is -2.32. The zero-order chi connectivity index (χ0) is 15.8. The van der Waals surface area contributed by atoms with Gasteiger partial charge in [0.05, 0.1) is 59.0 Å². The van der Waals surface area contributed by atoms with Crippen LogP contribution in [-0.4, -0.2) is 76.3 Å². The van der Waals surface area contributed by atoms with Crippen LogP contribution in [0.2, 0.25) is 0 Å². The molecule has 1 N–H and O–H groups in total. The van der Waals surface area contributed by atoms with E-state index in [9.17, 15) is 5.11 Å². The number of rotatable bonds is 14. The molecule has 6 nitrogen and oxygen atoms in total. The van der Waals surface area contributed by atoms with Crippen LogP contribution in [0.15, 0.2) is 0 Å². The van der Waals surface area contributed by atoms with E-state index in [4.69, 9.17) is 23.7 Å². The topological polar surface area (TPSA) is 73.0 Å². The highest BCUT2D eigenvalue weighted by molar-refractivity contribution is 4.80. The van der Waals surface area contributed by atoms with E-state index in [0.29, 0.717) is 46.1 Å². The number of hydrogen-bond acceptors (Lipinski definition) is 6. The second-order valence-corrected chi connectivity index (χ2v) is 6.37. The maximum atomic E-state index is 9.62. The number of hydrogen-bond donors (Lipinski definition) is 1. The normalized spacial score (nSPS) is 27.4. The number of epoxide rings is 2. The maximum absolute atomic E-state index is 9.62. The quantitative estimate of drug-likeness (QED) is 0.482. The van der Waals surface area contributed by atoms with E-state index in [2.05, 4.69) is 6.92 Å². The summed E-state index contributed by atoms with van der Waals surface area (Å²) in [7, 11) is 0. The van der Waals surface area contributed by atoms with Gasteiger partial charge in [-0.1, -0.05) is 13.8 Å². The molecule has 2 fully saturated rings. The fourth-order valence-electron chi connectivity index (χ4n) is 2.10. The lowest BCUT2D eigenvalue weighted by atomic mass is 9.88. The Hall–Kier alpha value is -0.240. The van der Waals surface area contributed by atoms with Crippen molar-refractivity contribution >= 4 is 0 Å². The first kappa shape index (κ1) is 18.1. The van der Waals surface area contributed by atoms with Gasteiger partial charge in [0.2, 0.25) is 0 Å². The van der Waals surface area contributed by atoms with Crippen LogP contribution in [0.5, 0.6) is 0 Å². The van der Waals surface area contributed by atoms with E-state index in [-0.39, 0.29) is 17.6 Å². The molecule has 0 saturated carbocycles. The fraction of sp³-hybridized carbons (Fsp3) is 1.00. The van der Waals surface area contributed by atoms with Gasteiger partial charge >= 0.3 is 0 Å². The van der Waals surface area contributed by atoms with Crippen molar-refractivity contribution in [2.75, 3.05) is 52.9 Å². The summed E-state index contributed by atoms with van der Waals surface area (Å²) >= 11 is 0. The Kier molecular flexibility index (Phi) is 7.53. The highest BCUT2D eigenvalue weighted by Gasteiger charge is 2.33. The summed E-state index contributed by atoms with van der Waals surface area (Å²) in [5.74, 6) is 0. The van der Waals surface area contributed by atoms with Crippen molar-refractivity contribution in [2.45, 2.75) is 45.0 Å². The van der Waals surface area contributed by atoms with Crippen molar-refractivity contribution in [2.24, 2.45) is 5.41 Å². The number of ether oxygens (including phenoxy) is 5. The summed E-state index contributed by atoms with van der Waals surface area (Å²) in [6.07, 6.45) is 1.71. The van der Waals surface area contributed by atoms with Crippen LogP contribution in [0, 0.1) is 5.41 Å². The van der Waals surface area contributed by atoms with E-state index < -0.39 is 6.10 Å². The first-order valence-electron chi connectivity index (χ1n) is 8.32. The SMILES string of the molecule is CCC(O)COCC(CC)(COCC1CO1)COC[C@@H]1CO1. The van der Waals surface area contributed by atoms with Crippen molar-refractivity contribution in [3.8, 4) is 0 Å². The van der Waals surface area contributed by atoms with Crippen LogP contribution >= 0.6 is 0 Å². The van der Waals surface area contributed by atoms with Crippen LogP contribution in [0.25, 0.3) is 0 Å². The lowest BCUT2D eigenvalue weighted by Crippen LogP contribution is -2.38. The summed E-state index contributed by atoms with van der Waals surface area (Å²) in [4.78, 5) is 0. The first-order chi connectivity index (χ1) is 10.7. The molecule has 22 heavy (non-hydrogen) atoms. The predicted molar refractivity (Wildman–Crippen MR) is 81.0 cm³/mol. The third-order valence-electron chi connectivity index (χ3n) is 4.17. The van der Waals surface area contributed by atoms with Crippen molar-refractivity contribution < 1.29 is 28.8 Å². The van der Waals surface area contributed by atoms with Crippen molar-refractivity contribution in [3.05, 3.63) is 0 Å². The van der Waals surface area contributed by atoms with Gasteiger partial charge < -0.3 is 28.8 Å². The smallest absolute Gasteiger partial charge is 0.104 e. The van der Waals surface area contributed by atoms with Crippen LogP contribution in [0.3, 0.4) is 0 Å². The average molecular weight is 318 g/mol. The molecule has 0 amide bonds. The van der Waals surface area contributed by atoms with Gasteiger partial charge in [-0.25, -0.2) is 0 Å². The second-order valence-electron chi connectivity index (χ2n) is 6.37. The highest BCUT2D eigenvalue weighted by Crippen LogP contribution is 2.25. The molecular formula is C16H30O6. The molecule has 0 bridgehead atoms. The summed E-state index contributed by atoms with van der Waals surface area (Å²) in [5.41, 5.74) is -0.183. The Morgan fingerprint density at radius 1 is 1.00 bits per heavy atom. The Morgan fingerprint density at radius 3 is 1.91 bits per heavy atom. The minimum absolute atomic E-state index is 0.183. The monoisotopic (exact) mass is 318 g/mol. The van der Waals surface area contributed by atoms with E-state index in [1.54, 1.807) is 0 Å². The standard InChI is InChI=1S/C16H30O6/c1-3-13(17)5-18-10-16(4-2,11-19-6-14-8-21-14)12-20-7-15-9-22-15/h13-15,17H,3-12H2,1-2H3/t13?,14-,15?,16?/m1/s1. The average Bonchev–Trinajstić information content (AvgIpc) is 3.41. The summed E-state index contributed by atoms with van der Waals surface area (Å²) < 4.78 is 27.6. The van der Waals surface area contributed by atoms with Crippen molar-refractivity contribution in [1.29, 1.82) is 0 Å². The van der Waals surface area contributed by atoms with E-state index >= 15 is 0 Å². The molecule has 0 aliphatic carbocycles. The first-order valence-corrected chi connectivity index (χ1v) is 8.32. The molecule has 130 valence electrons. The predicted octanol–water partition coefficient (Wildman–Crippen LogP) is 1.00. The fourth-order valence-corrected chi connectivity index (χ4v) is 2.10. The summed E-state index contributed by atoms with van der Waals surface area (Å²) in [6, 6.07) is 0. The molecule has 0 aromatic rings. The number of aliphatic hydroxyl groups excluding tert-OH is 1. The third kappa shape index (κ3) is 6.89. The summed E-state index contributed by atoms with van der Waals surface area (Å²) in [5, 5.41) is 9.62. The van der Waals surface area contributed by atoms with Crippen LogP contribution in [0.4, 0.5) is 0 Å². The van der Waals surface area contributed by atoms with Gasteiger partial charge in [-0.05, 0) is 12.8 Å². The van der Waals surface area contributed by atoms with E-state index in [0.717, 1.165) is 19.6 Å². The lowest BCUT2D eigenvalue weighted by molar-refractivity contribution is -0.0858. The maximum Gasteiger partial charge on any atom is 0.104 e. The Labute approximate surface area is 133 Å². The second kappa shape index (κ2) is 9.15. The number of aliphatic hydroxyl groups is 1. The van der Waals surface area contributed by atoms with Gasteiger partial charge in [-0.15, -0.1) is 0 Å². The van der Waals surface area contributed by atoms with Gasteiger partial charge in [0.25, 0.3) is 0 Å². The molecule has 6 heteroatoms. The molecule has 2 aliphatic rings. The van der Waals surface area contributed by atoms with Gasteiger partial charge in [0.15, 0.2) is 0 Å². The molecule has 2 aliphatic heterocycles. The molecule has 0 aromatic carbocycles. The van der Waals surface area contributed by atoms with Gasteiger partial charge in [0, 0.05) is 5.41 Å². The van der Waals surface area contributed by atoms with Crippen LogP contribution in [0.1, 0.15) is 26.7 Å². The molecule has 0 spiro atoms. The third-order valence-corrected chi connectivity index (χ3v) is 4.17. The Morgan fingerprint density at radius 2 is 1.50 bits per heavy atom. The van der Waals surface area contributed by atoms with Crippen LogP contribution < -0.4 is 0 Å². The molecule has 2 rings (SSSR count). The molecular weight excluding hydrogens is 288 g/mol. The Balaban J connectivity index is 1.74. The van der Waals surface area contributed by atoms with Gasteiger partial charge in [-0.3, -0.25) is 0 Å². The molecule has 0 radical (unpaired) electrons. The molecule has 0 aromatic heterocycles. The zero-order valence-corrected chi connectivity index (χ0v) is 13.8. The summed E-state index contributed by atoms with van der Waals surface area (Å²) in [6.45, 7) is 8.96. The molecule has 4 atom stereocenters. The zero-order valence-electron chi connectivity index (χ0n) is 13.8. The molecule has 2 saturated heterocycles. The van der Waals surface area contributed by atoms with Gasteiger partial charge in [-0.2, -0.15) is 0 Å². The van der Waals surface area contributed by atoms with Crippen molar-refractivity contribution in [3.63, 3.8) is 0 Å². The minimum Gasteiger partial charge on any atom is -0.391 e. The Bertz CT molecular complexity index is 285. The largest absolute Gasteiger partial charge is 0.391 e.